The molecule has 84 valence electrons. The van der Waals surface area contributed by atoms with Crippen LogP contribution in [0.2, 0.25) is 0 Å². The van der Waals surface area contributed by atoms with Gasteiger partial charge in [0.25, 0.3) is 0 Å². The van der Waals surface area contributed by atoms with Crippen molar-refractivity contribution in [1.29, 1.82) is 0 Å². The lowest BCUT2D eigenvalue weighted by atomic mass is 10.1. The SMILES string of the molecule is OCCCCNc1cccc(CCO)c1. The Morgan fingerprint density at radius 1 is 1.07 bits per heavy atom. The van der Waals surface area contributed by atoms with Gasteiger partial charge in [0.1, 0.15) is 0 Å². The van der Waals surface area contributed by atoms with Crippen LogP contribution in [-0.2, 0) is 6.42 Å². The van der Waals surface area contributed by atoms with E-state index in [9.17, 15) is 0 Å². The van der Waals surface area contributed by atoms with Gasteiger partial charge < -0.3 is 15.5 Å². The number of aliphatic hydroxyl groups excluding tert-OH is 2. The number of anilines is 1. The van der Waals surface area contributed by atoms with E-state index >= 15 is 0 Å². The summed E-state index contributed by atoms with van der Waals surface area (Å²) in [6, 6.07) is 8.06. The Balaban J connectivity index is 2.36. The van der Waals surface area contributed by atoms with Crippen molar-refractivity contribution in [2.24, 2.45) is 0 Å². The predicted octanol–water partition coefficient (Wildman–Crippen LogP) is 1.41. The molecule has 0 aliphatic heterocycles. The molecular weight excluding hydrogens is 190 g/mol. The molecular formula is C12H19NO2. The maximum atomic E-state index is 8.81. The van der Waals surface area contributed by atoms with E-state index in [0.717, 1.165) is 30.6 Å². The third-order valence-corrected chi connectivity index (χ3v) is 2.24. The Morgan fingerprint density at radius 2 is 1.93 bits per heavy atom. The molecule has 0 atom stereocenters. The smallest absolute Gasteiger partial charge is 0.0471 e. The molecule has 1 aromatic rings. The second kappa shape index (κ2) is 7.26. The van der Waals surface area contributed by atoms with Crippen LogP contribution in [-0.4, -0.2) is 30.0 Å². The summed E-state index contributed by atoms with van der Waals surface area (Å²) in [5.41, 5.74) is 2.23. The highest BCUT2D eigenvalue weighted by atomic mass is 16.3. The van der Waals surface area contributed by atoms with Gasteiger partial charge in [-0.1, -0.05) is 12.1 Å². The normalized spacial score (nSPS) is 10.3. The van der Waals surface area contributed by atoms with E-state index in [0.29, 0.717) is 6.42 Å². The highest BCUT2D eigenvalue weighted by Gasteiger charge is 1.95. The number of hydrogen-bond donors (Lipinski definition) is 3. The quantitative estimate of drug-likeness (QED) is 0.595. The summed E-state index contributed by atoms with van der Waals surface area (Å²) < 4.78 is 0. The molecule has 3 heteroatoms. The van der Waals surface area contributed by atoms with Crippen molar-refractivity contribution in [3.8, 4) is 0 Å². The van der Waals surface area contributed by atoms with Crippen LogP contribution in [0.1, 0.15) is 18.4 Å². The molecule has 0 unspecified atom stereocenters. The molecule has 0 spiro atoms. The van der Waals surface area contributed by atoms with Crippen molar-refractivity contribution >= 4 is 5.69 Å². The lowest BCUT2D eigenvalue weighted by molar-refractivity contribution is 0.286. The zero-order valence-corrected chi connectivity index (χ0v) is 8.95. The number of hydrogen-bond acceptors (Lipinski definition) is 3. The van der Waals surface area contributed by atoms with Gasteiger partial charge in [-0.3, -0.25) is 0 Å². The van der Waals surface area contributed by atoms with Crippen LogP contribution in [0.5, 0.6) is 0 Å². The largest absolute Gasteiger partial charge is 0.396 e. The molecule has 1 aromatic carbocycles. The fraction of sp³-hybridized carbons (Fsp3) is 0.500. The lowest BCUT2D eigenvalue weighted by Gasteiger charge is -2.07. The first kappa shape index (κ1) is 12.0. The van der Waals surface area contributed by atoms with Crippen LogP contribution in [0, 0.1) is 0 Å². The summed E-state index contributed by atoms with van der Waals surface area (Å²) in [4.78, 5) is 0. The van der Waals surface area contributed by atoms with Crippen molar-refractivity contribution in [2.75, 3.05) is 25.1 Å². The van der Waals surface area contributed by atoms with Crippen LogP contribution in [0.4, 0.5) is 5.69 Å². The van der Waals surface area contributed by atoms with E-state index in [1.54, 1.807) is 0 Å². The topological polar surface area (TPSA) is 52.5 Å². The number of rotatable bonds is 7. The maximum absolute atomic E-state index is 8.81. The van der Waals surface area contributed by atoms with Crippen molar-refractivity contribution in [3.05, 3.63) is 29.8 Å². The summed E-state index contributed by atoms with van der Waals surface area (Å²) in [7, 11) is 0. The molecule has 0 amide bonds. The summed E-state index contributed by atoms with van der Waals surface area (Å²) >= 11 is 0. The minimum Gasteiger partial charge on any atom is -0.396 e. The zero-order chi connectivity index (χ0) is 10.9. The third kappa shape index (κ3) is 4.81. The van der Waals surface area contributed by atoms with E-state index in [1.807, 2.05) is 18.2 Å². The van der Waals surface area contributed by atoms with Gasteiger partial charge in [-0.25, -0.2) is 0 Å². The predicted molar refractivity (Wildman–Crippen MR) is 62.0 cm³/mol. The standard InChI is InChI=1S/C12H19NO2/c14-8-2-1-7-13-12-5-3-4-11(10-12)6-9-15/h3-5,10,13-15H,1-2,6-9H2. The highest BCUT2D eigenvalue weighted by Crippen LogP contribution is 2.11. The second-order valence-corrected chi connectivity index (χ2v) is 3.53. The van der Waals surface area contributed by atoms with E-state index in [-0.39, 0.29) is 13.2 Å². The van der Waals surface area contributed by atoms with Gasteiger partial charge in [-0.05, 0) is 37.0 Å². The van der Waals surface area contributed by atoms with Crippen LogP contribution in [0.3, 0.4) is 0 Å². The molecule has 0 fully saturated rings. The molecule has 0 saturated heterocycles. The Morgan fingerprint density at radius 3 is 2.67 bits per heavy atom. The minimum absolute atomic E-state index is 0.188. The number of aliphatic hydroxyl groups is 2. The fourth-order valence-electron chi connectivity index (χ4n) is 1.44. The van der Waals surface area contributed by atoms with Gasteiger partial charge in [0, 0.05) is 25.4 Å². The van der Waals surface area contributed by atoms with E-state index in [4.69, 9.17) is 10.2 Å². The average molecular weight is 209 g/mol. The molecule has 0 heterocycles. The molecule has 0 saturated carbocycles. The van der Waals surface area contributed by atoms with Gasteiger partial charge in [-0.2, -0.15) is 0 Å². The van der Waals surface area contributed by atoms with E-state index in [1.165, 1.54) is 0 Å². The van der Waals surface area contributed by atoms with E-state index < -0.39 is 0 Å². The van der Waals surface area contributed by atoms with E-state index in [2.05, 4.69) is 11.4 Å². The molecule has 0 aromatic heterocycles. The monoisotopic (exact) mass is 209 g/mol. The Hall–Kier alpha value is -1.06. The van der Waals surface area contributed by atoms with Gasteiger partial charge in [0.2, 0.25) is 0 Å². The first-order valence-electron chi connectivity index (χ1n) is 5.41. The molecule has 0 aliphatic rings. The van der Waals surface area contributed by atoms with Gasteiger partial charge in [0.15, 0.2) is 0 Å². The van der Waals surface area contributed by atoms with Gasteiger partial charge in [0.05, 0.1) is 0 Å². The summed E-state index contributed by atoms with van der Waals surface area (Å²) in [6.45, 7) is 1.32. The van der Waals surface area contributed by atoms with Crippen molar-refractivity contribution in [3.63, 3.8) is 0 Å². The average Bonchev–Trinajstić information content (AvgIpc) is 2.26. The number of unbranched alkanes of at least 4 members (excludes halogenated alkanes) is 1. The number of nitrogens with one attached hydrogen (secondary N) is 1. The fourth-order valence-corrected chi connectivity index (χ4v) is 1.44. The Bertz CT molecular complexity index is 276. The molecule has 3 N–H and O–H groups in total. The zero-order valence-electron chi connectivity index (χ0n) is 8.95. The first-order valence-corrected chi connectivity index (χ1v) is 5.41. The van der Waals surface area contributed by atoms with Gasteiger partial charge in [-0.15, -0.1) is 0 Å². The molecule has 0 bridgehead atoms. The molecule has 0 radical (unpaired) electrons. The molecule has 1 rings (SSSR count). The Labute approximate surface area is 90.8 Å². The minimum atomic E-state index is 0.188. The molecule has 3 nitrogen and oxygen atoms in total. The summed E-state index contributed by atoms with van der Waals surface area (Å²) in [5, 5.41) is 20.7. The first-order chi connectivity index (χ1) is 7.36. The van der Waals surface area contributed by atoms with Crippen LogP contribution >= 0.6 is 0 Å². The van der Waals surface area contributed by atoms with Crippen molar-refractivity contribution < 1.29 is 10.2 Å². The van der Waals surface area contributed by atoms with Crippen LogP contribution < -0.4 is 5.32 Å². The number of benzene rings is 1. The van der Waals surface area contributed by atoms with Crippen molar-refractivity contribution in [1.82, 2.24) is 0 Å². The third-order valence-electron chi connectivity index (χ3n) is 2.24. The molecule has 0 aliphatic carbocycles. The lowest BCUT2D eigenvalue weighted by Crippen LogP contribution is -2.03. The maximum Gasteiger partial charge on any atom is 0.0471 e. The van der Waals surface area contributed by atoms with Crippen LogP contribution in [0.25, 0.3) is 0 Å². The van der Waals surface area contributed by atoms with Crippen LogP contribution in [0.15, 0.2) is 24.3 Å². The summed E-state index contributed by atoms with van der Waals surface area (Å²) in [5.74, 6) is 0. The highest BCUT2D eigenvalue weighted by molar-refractivity contribution is 5.45. The van der Waals surface area contributed by atoms with Gasteiger partial charge >= 0.3 is 0 Å². The van der Waals surface area contributed by atoms with Crippen molar-refractivity contribution in [2.45, 2.75) is 19.3 Å². The molecule has 15 heavy (non-hydrogen) atoms. The summed E-state index contributed by atoms with van der Waals surface area (Å²) in [6.07, 6.45) is 2.51. The second-order valence-electron chi connectivity index (χ2n) is 3.53. The Kier molecular flexibility index (Phi) is 5.81.